The van der Waals surface area contributed by atoms with Gasteiger partial charge in [0.05, 0.1) is 41.7 Å². The highest BCUT2D eigenvalue weighted by Crippen LogP contribution is 2.01. The second-order valence-corrected chi connectivity index (χ2v) is 17.0. The highest BCUT2D eigenvalue weighted by molar-refractivity contribution is 5.12. The minimum absolute atomic E-state index is 0.623. The molecule has 24 heteroatoms. The van der Waals surface area contributed by atoms with Crippen LogP contribution >= 0.6 is 0 Å². The number of hydrogen-bond donors (Lipinski definition) is 0. The Bertz CT molecular complexity index is 2540. The molecule has 76 heavy (non-hydrogen) atoms. The van der Waals surface area contributed by atoms with E-state index in [0.717, 1.165) is 51.4 Å². The van der Waals surface area contributed by atoms with Gasteiger partial charge in [-0.1, -0.05) is 11.2 Å². The van der Waals surface area contributed by atoms with E-state index in [1.54, 1.807) is 65.1 Å². The predicted octanol–water partition coefficient (Wildman–Crippen LogP) is 8.07. The first-order chi connectivity index (χ1) is 35.7. The summed E-state index contributed by atoms with van der Waals surface area (Å²) in [5.74, 6) is 4.92. The maximum atomic E-state index is 4.86. The average Bonchev–Trinajstić information content (AvgIpc) is 4.25. The first kappa shape index (κ1) is 65.3. The quantitative estimate of drug-likeness (QED) is 0.139. The summed E-state index contributed by atoms with van der Waals surface area (Å²) >= 11 is 0. The number of aromatic nitrogens is 22. The minimum atomic E-state index is 0.623. The average molecular weight is 1040 g/mol. The molecule has 0 unspecified atom stereocenters. The summed E-state index contributed by atoms with van der Waals surface area (Å²) in [6.45, 7) is 34.4. The Morgan fingerprint density at radius 2 is 0.947 bits per heavy atom. The maximum Gasteiger partial charge on any atom is 0.223 e. The van der Waals surface area contributed by atoms with Crippen LogP contribution in [-0.4, -0.2) is 110 Å². The van der Waals surface area contributed by atoms with Crippen molar-refractivity contribution in [1.29, 1.82) is 0 Å². The van der Waals surface area contributed by atoms with Gasteiger partial charge in [-0.25, -0.2) is 15.0 Å². The van der Waals surface area contributed by atoms with Crippen molar-refractivity contribution in [3.63, 3.8) is 0 Å². The van der Waals surface area contributed by atoms with E-state index in [1.165, 1.54) is 27.3 Å². The Morgan fingerprint density at radius 1 is 0.408 bits per heavy atom. The van der Waals surface area contributed by atoms with Crippen molar-refractivity contribution in [2.45, 2.75) is 125 Å². The van der Waals surface area contributed by atoms with Gasteiger partial charge in [-0.15, -0.1) is 20.4 Å². The third kappa shape index (κ3) is 31.7. The summed E-state index contributed by atoms with van der Waals surface area (Å²) < 4.78 is 14.9. The topological polar surface area (TPSA) is 278 Å². The Morgan fingerprint density at radius 3 is 1.16 bits per heavy atom. The summed E-state index contributed by atoms with van der Waals surface area (Å²) in [5, 5.41) is 41.5. The summed E-state index contributed by atoms with van der Waals surface area (Å²) in [4.78, 5) is 29.2. The van der Waals surface area contributed by atoms with Gasteiger partial charge in [0, 0.05) is 90.0 Å². The standard InChI is InChI=1S/C7H9N.2C6H10N2.3C6H8N2.C4H7N3.2C4H6N2O.C3H6N4/c1-6-3-4-7(2)8-5-6;1-5-4-7-8(3)6(5)2;1-5-4-6(2)8(3)7-5;1-5-3-8-6(2)4-7-5;1-5-3-7-6(2)8-4-5;1-5-3-4-6(2)8-7-5;1-4-5-3-7(2)6-4;1-3-5-6-4(2)7-3;1-3-5-4(2)7-6-3;1-3-4-6-7(2)5-3/h3-5H,1-2H3;2*4H,1-3H3;3*3-4H,1-2H3;3H,1-2H3;3*1-2H3. The molecule has 0 saturated carbocycles. The number of rotatable bonds is 0. The lowest BCUT2D eigenvalue weighted by Crippen LogP contribution is -1.91. The number of pyridine rings is 1. The van der Waals surface area contributed by atoms with Crippen LogP contribution in [0.25, 0.3) is 0 Å². The molecule has 0 bridgehead atoms. The van der Waals surface area contributed by atoms with Gasteiger partial charge in [0.15, 0.2) is 11.6 Å². The maximum absolute atomic E-state index is 4.86. The van der Waals surface area contributed by atoms with Crippen molar-refractivity contribution in [2.24, 2.45) is 28.2 Å². The van der Waals surface area contributed by atoms with Crippen LogP contribution in [0.3, 0.4) is 0 Å². The van der Waals surface area contributed by atoms with Gasteiger partial charge < -0.3 is 8.94 Å². The van der Waals surface area contributed by atoms with E-state index in [2.05, 4.69) is 122 Å². The second-order valence-electron chi connectivity index (χ2n) is 17.0. The molecule has 0 N–H and O–H groups in total. The predicted molar refractivity (Wildman–Crippen MR) is 290 cm³/mol. The summed E-state index contributed by atoms with van der Waals surface area (Å²) in [6.07, 6.45) is 12.6. The zero-order chi connectivity index (χ0) is 57.3. The molecule has 408 valence electrons. The molecular weight excluding hydrogens is 965 g/mol. The van der Waals surface area contributed by atoms with E-state index in [-0.39, 0.29) is 0 Å². The van der Waals surface area contributed by atoms with E-state index >= 15 is 0 Å². The largest absolute Gasteiger partial charge is 0.426 e. The monoisotopic (exact) mass is 1040 g/mol. The van der Waals surface area contributed by atoms with Crippen LogP contribution < -0.4 is 0 Å². The number of hydrogen-bond acceptors (Lipinski definition) is 20. The lowest BCUT2D eigenvalue weighted by Gasteiger charge is -1.90. The molecule has 0 spiro atoms. The smallest absolute Gasteiger partial charge is 0.223 e. The van der Waals surface area contributed by atoms with Crippen LogP contribution in [0.2, 0.25) is 0 Å². The summed E-state index contributed by atoms with van der Waals surface area (Å²) in [7, 11) is 7.48. The Kier molecular flexibility index (Phi) is 30.5. The molecule has 0 radical (unpaired) electrons. The van der Waals surface area contributed by atoms with Gasteiger partial charge in [0.2, 0.25) is 17.7 Å². The summed E-state index contributed by atoms with van der Waals surface area (Å²) in [5.41, 5.74) is 12.1. The van der Waals surface area contributed by atoms with Gasteiger partial charge in [0.25, 0.3) is 0 Å². The number of aryl methyl sites for hydroxylation is 21. The highest BCUT2D eigenvalue weighted by atomic mass is 16.5. The molecule has 0 saturated heterocycles. The van der Waals surface area contributed by atoms with Gasteiger partial charge in [0.1, 0.15) is 18.0 Å². The SMILES string of the molecule is Cc1cc(C)n(C)n1.Cc1ccc(C)nc1.Cc1ccc(C)nn1.Cc1cnc(C)cn1.Cc1cnc(C)nc1.Cc1cnn(C)c1C.Cc1ncn(C)n1.Cc1nnc(C)o1.Cc1nnn(C)n1.Cc1noc(C)n1. The van der Waals surface area contributed by atoms with Crippen LogP contribution in [0.1, 0.15) is 103 Å². The molecular formula is C52H78N22O2. The fraction of sp³-hybridized carbons (Fsp3) is 0.423. The Hall–Kier alpha value is -8.70. The van der Waals surface area contributed by atoms with Crippen molar-refractivity contribution < 1.29 is 8.94 Å². The molecule has 10 rings (SSSR count). The molecule has 10 aromatic heterocycles. The normalized spacial score (nSPS) is 9.45. The Labute approximate surface area is 447 Å². The molecule has 10 heterocycles. The molecule has 0 fully saturated rings. The van der Waals surface area contributed by atoms with E-state index in [9.17, 15) is 0 Å². The molecule has 10 aromatic rings. The van der Waals surface area contributed by atoms with Crippen molar-refractivity contribution in [3.8, 4) is 0 Å². The van der Waals surface area contributed by atoms with Crippen LogP contribution in [0.15, 0.2) is 82.8 Å². The third-order valence-corrected chi connectivity index (χ3v) is 9.11. The molecule has 0 atom stereocenters. The second kappa shape index (κ2) is 35.5. The number of nitrogens with zero attached hydrogens (tertiary/aromatic N) is 22. The van der Waals surface area contributed by atoms with E-state index in [1.807, 2.05) is 150 Å². The van der Waals surface area contributed by atoms with E-state index in [0.29, 0.717) is 29.3 Å². The molecule has 24 nitrogen and oxygen atoms in total. The van der Waals surface area contributed by atoms with Gasteiger partial charge in [-0.2, -0.15) is 35.3 Å². The van der Waals surface area contributed by atoms with E-state index < -0.39 is 0 Å². The zero-order valence-electron chi connectivity index (χ0n) is 48.6. The zero-order valence-corrected chi connectivity index (χ0v) is 48.6. The van der Waals surface area contributed by atoms with Crippen LogP contribution in [-0.2, 0) is 28.2 Å². The molecule has 0 aliphatic carbocycles. The first-order valence-electron chi connectivity index (χ1n) is 23.9. The fourth-order valence-electron chi connectivity index (χ4n) is 4.89. The molecule has 0 aliphatic heterocycles. The van der Waals surface area contributed by atoms with Gasteiger partial charge in [-0.05, 0) is 150 Å². The lowest BCUT2D eigenvalue weighted by atomic mass is 10.3. The Balaban J connectivity index is 0.000000422. The molecule has 0 aliphatic rings. The molecule has 0 aromatic carbocycles. The van der Waals surface area contributed by atoms with Crippen molar-refractivity contribution in [2.75, 3.05) is 0 Å². The third-order valence-electron chi connectivity index (χ3n) is 9.11. The van der Waals surface area contributed by atoms with Crippen molar-refractivity contribution in [1.82, 2.24) is 110 Å². The summed E-state index contributed by atoms with van der Waals surface area (Å²) in [6, 6.07) is 10.0. The van der Waals surface area contributed by atoms with E-state index in [4.69, 9.17) is 4.42 Å². The van der Waals surface area contributed by atoms with Crippen LogP contribution in [0, 0.1) is 125 Å². The number of tetrazole rings is 1. The van der Waals surface area contributed by atoms with Gasteiger partial charge >= 0.3 is 0 Å². The fourth-order valence-corrected chi connectivity index (χ4v) is 4.89. The van der Waals surface area contributed by atoms with Crippen molar-refractivity contribution in [3.05, 3.63) is 177 Å². The van der Waals surface area contributed by atoms with Crippen LogP contribution in [0.4, 0.5) is 0 Å². The molecule has 0 amide bonds. The van der Waals surface area contributed by atoms with Gasteiger partial charge in [-0.3, -0.25) is 29.0 Å². The first-order valence-corrected chi connectivity index (χ1v) is 23.9. The minimum Gasteiger partial charge on any atom is -0.426 e. The van der Waals surface area contributed by atoms with Crippen LogP contribution in [0.5, 0.6) is 0 Å². The highest BCUT2D eigenvalue weighted by Gasteiger charge is 1.95. The van der Waals surface area contributed by atoms with Crippen molar-refractivity contribution >= 4 is 0 Å². The lowest BCUT2D eigenvalue weighted by molar-refractivity contribution is 0.389.